The number of benzene rings is 1. The fourth-order valence-electron chi connectivity index (χ4n) is 4.36. The summed E-state index contributed by atoms with van der Waals surface area (Å²) in [5.41, 5.74) is 1.48. The fraction of sp³-hybridized carbons (Fsp3) is 0.391. The lowest BCUT2D eigenvalue weighted by Gasteiger charge is -2.34. The summed E-state index contributed by atoms with van der Waals surface area (Å²) in [4.78, 5) is 33.8. The number of carboxylic acids is 1. The number of aliphatic imine (C=N–C) groups is 1. The zero-order valence-electron chi connectivity index (χ0n) is 17.9. The van der Waals surface area contributed by atoms with Crippen molar-refractivity contribution in [2.75, 3.05) is 6.61 Å². The number of nitrogens with zero attached hydrogens (tertiary/aromatic N) is 2. The number of amidine groups is 1. The van der Waals surface area contributed by atoms with Crippen LogP contribution in [0.15, 0.2) is 50.5 Å². The Balaban J connectivity index is 1.83. The first kappa shape index (κ1) is 23.6. The summed E-state index contributed by atoms with van der Waals surface area (Å²) in [6.45, 7) is 1.91. The second-order valence-electron chi connectivity index (χ2n) is 7.92. The summed E-state index contributed by atoms with van der Waals surface area (Å²) in [5, 5.41) is 15.2. The molecule has 1 atom stereocenters. The topological polar surface area (TPSA) is 101 Å². The number of hydrogen-bond acceptors (Lipinski definition) is 7. The van der Waals surface area contributed by atoms with Gasteiger partial charge in [0, 0.05) is 17.3 Å². The lowest BCUT2D eigenvalue weighted by molar-refractivity contribution is -0.143. The number of halogens is 2. The van der Waals surface area contributed by atoms with Gasteiger partial charge < -0.3 is 15.2 Å². The molecule has 1 aliphatic heterocycles. The van der Waals surface area contributed by atoms with E-state index in [2.05, 4.69) is 26.2 Å². The van der Waals surface area contributed by atoms with Crippen LogP contribution in [0.25, 0.3) is 0 Å². The fourth-order valence-corrected chi connectivity index (χ4v) is 5.42. The molecule has 1 saturated carbocycles. The highest BCUT2D eigenvalue weighted by atomic mass is 79.9. The number of carbonyl (C=O) groups excluding carboxylic acids is 1. The number of esters is 1. The summed E-state index contributed by atoms with van der Waals surface area (Å²) in [7, 11) is 0. The molecule has 7 nitrogen and oxygen atoms in total. The molecular weight excluding hydrogens is 513 g/mol. The number of rotatable bonds is 6. The number of aliphatic carboxylic acids is 1. The molecular formula is C23H23BrFN3O4S. The summed E-state index contributed by atoms with van der Waals surface area (Å²) < 4.78 is 20.1. The first-order valence-electron chi connectivity index (χ1n) is 10.7. The number of carbonyl (C=O) groups is 2. The molecule has 10 heteroatoms. The highest BCUT2D eigenvalue weighted by Crippen LogP contribution is 2.42. The van der Waals surface area contributed by atoms with Gasteiger partial charge in [-0.2, -0.15) is 0 Å². The monoisotopic (exact) mass is 535 g/mol. The Kier molecular flexibility index (Phi) is 7.23. The molecule has 2 heterocycles. The van der Waals surface area contributed by atoms with Crippen LogP contribution < -0.4 is 5.32 Å². The zero-order chi connectivity index (χ0) is 23.5. The largest absolute Gasteiger partial charge is 0.481 e. The molecule has 2 aromatic rings. The number of allylic oxidation sites excluding steroid dienone is 1. The molecule has 1 aromatic carbocycles. The van der Waals surface area contributed by atoms with Crippen molar-refractivity contribution in [3.05, 3.63) is 61.9 Å². The van der Waals surface area contributed by atoms with Crippen molar-refractivity contribution in [1.82, 2.24) is 10.3 Å². The molecule has 0 bridgehead atoms. The molecule has 1 aliphatic carbocycles. The van der Waals surface area contributed by atoms with E-state index >= 15 is 0 Å². The second kappa shape index (κ2) is 10.1. The van der Waals surface area contributed by atoms with Crippen molar-refractivity contribution in [2.45, 2.75) is 38.6 Å². The van der Waals surface area contributed by atoms with E-state index in [-0.39, 0.29) is 17.0 Å². The predicted octanol–water partition coefficient (Wildman–Crippen LogP) is 4.84. The van der Waals surface area contributed by atoms with Crippen molar-refractivity contribution in [3.8, 4) is 0 Å². The van der Waals surface area contributed by atoms with Crippen LogP contribution in [0.4, 0.5) is 4.39 Å². The first-order valence-corrected chi connectivity index (χ1v) is 12.4. The van der Waals surface area contributed by atoms with Gasteiger partial charge in [-0.3, -0.25) is 9.79 Å². The molecule has 174 valence electrons. The molecule has 0 spiro atoms. The number of ether oxygens (including phenoxy) is 1. The minimum atomic E-state index is -0.804. The Bertz CT molecular complexity index is 1110. The Morgan fingerprint density at radius 1 is 1.30 bits per heavy atom. The lowest BCUT2D eigenvalue weighted by atomic mass is 9.78. The molecule has 0 saturated heterocycles. The molecule has 1 fully saturated rings. The third-order valence-electron chi connectivity index (χ3n) is 5.97. The Hall–Kier alpha value is -2.59. The standard InChI is InChI=1S/C23H23BrFN3O4S/c1-2-32-23(31)16-18(12-6-8-13(9-7-12)22(29)30)27-20(21-26-10-11-33-21)28-19(16)14-4-3-5-15(25)17(14)24/h3-5,10-13,19H,2,6-9H2,1H3,(H,27,28)(H,29,30)/t12-,13-,19?. The molecule has 0 radical (unpaired) electrons. The third kappa shape index (κ3) is 4.86. The normalized spacial score (nSPS) is 23.0. The van der Waals surface area contributed by atoms with Crippen LogP contribution in [0.1, 0.15) is 49.2 Å². The highest BCUT2D eigenvalue weighted by molar-refractivity contribution is 9.10. The quantitative estimate of drug-likeness (QED) is 0.513. The van der Waals surface area contributed by atoms with Gasteiger partial charge >= 0.3 is 11.9 Å². The van der Waals surface area contributed by atoms with E-state index in [9.17, 15) is 19.1 Å². The molecule has 1 aromatic heterocycles. The second-order valence-corrected chi connectivity index (χ2v) is 9.61. The van der Waals surface area contributed by atoms with Gasteiger partial charge in [0.2, 0.25) is 0 Å². The van der Waals surface area contributed by atoms with Crippen LogP contribution in [-0.2, 0) is 14.3 Å². The maximum Gasteiger partial charge on any atom is 0.338 e. The number of hydrogen-bond donors (Lipinski definition) is 2. The predicted molar refractivity (Wildman–Crippen MR) is 125 cm³/mol. The van der Waals surface area contributed by atoms with Crippen LogP contribution in [0, 0.1) is 17.7 Å². The van der Waals surface area contributed by atoms with E-state index in [0.29, 0.717) is 53.4 Å². The zero-order valence-corrected chi connectivity index (χ0v) is 20.3. The SMILES string of the molecule is CCOC(=O)C1=C([C@H]2CC[C@H](C(=O)O)CC2)NC(c2nccs2)=NC1c1cccc(F)c1Br. The number of aromatic nitrogens is 1. The summed E-state index contributed by atoms with van der Waals surface area (Å²) >= 11 is 4.72. The number of carboxylic acid groups (broad SMARTS) is 1. The van der Waals surface area contributed by atoms with Crippen LogP contribution in [0.3, 0.4) is 0 Å². The van der Waals surface area contributed by atoms with Crippen molar-refractivity contribution < 1.29 is 23.8 Å². The van der Waals surface area contributed by atoms with Gasteiger partial charge in [0.25, 0.3) is 0 Å². The maximum atomic E-state index is 14.4. The number of thiazole rings is 1. The van der Waals surface area contributed by atoms with Gasteiger partial charge in [0.05, 0.1) is 22.6 Å². The van der Waals surface area contributed by atoms with Gasteiger partial charge in [-0.15, -0.1) is 11.3 Å². The van der Waals surface area contributed by atoms with Crippen molar-refractivity contribution in [2.24, 2.45) is 16.8 Å². The number of nitrogens with one attached hydrogen (secondary N) is 1. The van der Waals surface area contributed by atoms with Crippen LogP contribution in [-0.4, -0.2) is 34.5 Å². The molecule has 1 unspecified atom stereocenters. The van der Waals surface area contributed by atoms with Crippen molar-refractivity contribution in [1.29, 1.82) is 0 Å². The minimum absolute atomic E-state index is 0.0831. The average Bonchev–Trinajstić information content (AvgIpc) is 3.35. The Morgan fingerprint density at radius 2 is 2.06 bits per heavy atom. The highest BCUT2D eigenvalue weighted by Gasteiger charge is 2.38. The van der Waals surface area contributed by atoms with Crippen LogP contribution in [0.2, 0.25) is 0 Å². The van der Waals surface area contributed by atoms with Crippen LogP contribution >= 0.6 is 27.3 Å². The summed E-state index contributed by atoms with van der Waals surface area (Å²) in [6, 6.07) is 3.84. The van der Waals surface area contributed by atoms with E-state index in [4.69, 9.17) is 9.73 Å². The third-order valence-corrected chi connectivity index (χ3v) is 7.58. The van der Waals surface area contributed by atoms with Gasteiger partial charge in [0.1, 0.15) is 11.9 Å². The van der Waals surface area contributed by atoms with Gasteiger partial charge in [0.15, 0.2) is 10.8 Å². The average molecular weight is 536 g/mol. The van der Waals surface area contributed by atoms with E-state index in [1.165, 1.54) is 17.4 Å². The van der Waals surface area contributed by atoms with E-state index in [1.54, 1.807) is 25.3 Å². The van der Waals surface area contributed by atoms with E-state index in [1.807, 2.05) is 5.38 Å². The van der Waals surface area contributed by atoms with Gasteiger partial charge in [-0.05, 0) is 66.1 Å². The smallest absolute Gasteiger partial charge is 0.338 e. The lowest BCUT2D eigenvalue weighted by Crippen LogP contribution is -2.38. The van der Waals surface area contributed by atoms with Crippen molar-refractivity contribution >= 4 is 45.0 Å². The van der Waals surface area contributed by atoms with E-state index in [0.717, 1.165) is 0 Å². The Labute approximate surface area is 202 Å². The van der Waals surface area contributed by atoms with Crippen LogP contribution in [0.5, 0.6) is 0 Å². The Morgan fingerprint density at radius 3 is 2.70 bits per heavy atom. The molecule has 0 amide bonds. The molecule has 33 heavy (non-hydrogen) atoms. The molecule has 2 N–H and O–H groups in total. The molecule has 4 rings (SSSR count). The van der Waals surface area contributed by atoms with Gasteiger partial charge in [-0.1, -0.05) is 12.1 Å². The van der Waals surface area contributed by atoms with Gasteiger partial charge in [-0.25, -0.2) is 14.2 Å². The first-order chi connectivity index (χ1) is 15.9. The summed E-state index contributed by atoms with van der Waals surface area (Å²) in [5.74, 6) is -1.75. The molecule has 2 aliphatic rings. The maximum absolute atomic E-state index is 14.4. The van der Waals surface area contributed by atoms with Crippen molar-refractivity contribution in [3.63, 3.8) is 0 Å². The summed E-state index contributed by atoms with van der Waals surface area (Å²) in [6.07, 6.45) is 3.90. The van der Waals surface area contributed by atoms with E-state index < -0.39 is 29.7 Å². The minimum Gasteiger partial charge on any atom is -0.481 e.